The maximum absolute atomic E-state index is 12.8. The van der Waals surface area contributed by atoms with Crippen LogP contribution in [-0.2, 0) is 33.8 Å². The van der Waals surface area contributed by atoms with E-state index in [2.05, 4.69) is 16.0 Å². The average Bonchev–Trinajstić information content (AvgIpc) is 3.49. The summed E-state index contributed by atoms with van der Waals surface area (Å²) in [4.78, 5) is 25.1. The fraction of sp³-hybridized carbons (Fsp3) is 0.379. The van der Waals surface area contributed by atoms with E-state index in [0.717, 1.165) is 45.4 Å². The van der Waals surface area contributed by atoms with Gasteiger partial charge in [-0.25, -0.2) is 4.79 Å². The number of carbonyl (C=O) groups is 2. The van der Waals surface area contributed by atoms with Gasteiger partial charge in [-0.3, -0.25) is 4.79 Å². The molecule has 1 aliphatic heterocycles. The summed E-state index contributed by atoms with van der Waals surface area (Å²) < 4.78 is 23.9. The highest BCUT2D eigenvalue weighted by molar-refractivity contribution is 6.01. The molecule has 196 valence electrons. The second-order valence-electron chi connectivity index (χ2n) is 9.14. The lowest BCUT2D eigenvalue weighted by molar-refractivity contribution is -0.116. The normalized spacial score (nSPS) is 13.0. The third-order valence-corrected chi connectivity index (χ3v) is 6.86. The Hall–Kier alpha value is -3.78. The van der Waals surface area contributed by atoms with Crippen LogP contribution in [0, 0.1) is 6.92 Å². The fourth-order valence-corrected chi connectivity index (χ4v) is 4.85. The summed E-state index contributed by atoms with van der Waals surface area (Å²) >= 11 is 0. The van der Waals surface area contributed by atoms with Gasteiger partial charge in [-0.2, -0.15) is 0 Å². The fourth-order valence-electron chi connectivity index (χ4n) is 4.85. The first-order chi connectivity index (χ1) is 17.9. The largest absolute Gasteiger partial charge is 0.496 e. The van der Waals surface area contributed by atoms with Gasteiger partial charge in [0.1, 0.15) is 23.7 Å². The molecule has 8 heteroatoms. The molecule has 2 heterocycles. The van der Waals surface area contributed by atoms with Crippen molar-refractivity contribution in [1.82, 2.24) is 4.57 Å². The SMILES string of the molecule is COCCn1ccc2c(NC(=O)CCC(C)=CCc3c(OC)c(C)c4c(c3OC)C(=O)OC4)cccc21. The van der Waals surface area contributed by atoms with E-state index >= 15 is 0 Å². The standard InChI is InChI=1S/C29H34N2O6/c1-18(9-11-21-27(35-4)19(2)22-17-37-29(33)26(22)28(21)36-5)10-12-25(32)30-23-7-6-8-24-20(23)13-14-31(24)15-16-34-3/h6-9,13-14H,10-12,15-17H2,1-5H3,(H,30,32). The average molecular weight is 507 g/mol. The van der Waals surface area contributed by atoms with Crippen molar-refractivity contribution in [2.75, 3.05) is 33.3 Å². The highest BCUT2D eigenvalue weighted by Gasteiger charge is 2.32. The van der Waals surface area contributed by atoms with Gasteiger partial charge in [0.25, 0.3) is 0 Å². The second kappa shape index (κ2) is 11.5. The van der Waals surface area contributed by atoms with E-state index in [1.807, 2.05) is 44.3 Å². The number of anilines is 1. The maximum atomic E-state index is 12.8. The van der Waals surface area contributed by atoms with Crippen molar-refractivity contribution in [2.45, 2.75) is 46.3 Å². The lowest BCUT2D eigenvalue weighted by Gasteiger charge is -2.18. The first-order valence-corrected chi connectivity index (χ1v) is 12.3. The number of cyclic esters (lactones) is 1. The molecule has 1 amide bonds. The molecule has 1 aliphatic rings. The van der Waals surface area contributed by atoms with Gasteiger partial charge in [-0.05, 0) is 50.5 Å². The van der Waals surface area contributed by atoms with Gasteiger partial charge in [0.05, 0.1) is 32.0 Å². The van der Waals surface area contributed by atoms with Gasteiger partial charge < -0.3 is 28.8 Å². The Morgan fingerprint density at radius 1 is 1.14 bits per heavy atom. The number of hydrogen-bond donors (Lipinski definition) is 1. The Labute approximate surface area is 217 Å². The molecule has 0 fully saturated rings. The van der Waals surface area contributed by atoms with Crippen LogP contribution in [-0.4, -0.2) is 44.4 Å². The number of allylic oxidation sites excluding steroid dienone is 2. The number of ether oxygens (including phenoxy) is 4. The number of esters is 1. The topological polar surface area (TPSA) is 88.0 Å². The number of aromatic nitrogens is 1. The predicted octanol–water partition coefficient (Wildman–Crippen LogP) is 5.19. The summed E-state index contributed by atoms with van der Waals surface area (Å²) in [6.07, 6.45) is 5.53. The van der Waals surface area contributed by atoms with Crippen LogP contribution < -0.4 is 14.8 Å². The minimum Gasteiger partial charge on any atom is -0.496 e. The van der Waals surface area contributed by atoms with E-state index in [-0.39, 0.29) is 18.5 Å². The number of nitrogens with one attached hydrogen (secondary N) is 1. The van der Waals surface area contributed by atoms with E-state index in [1.54, 1.807) is 21.3 Å². The molecular weight excluding hydrogens is 472 g/mol. The van der Waals surface area contributed by atoms with Crippen LogP contribution in [0.15, 0.2) is 42.1 Å². The van der Waals surface area contributed by atoms with Gasteiger partial charge in [0, 0.05) is 42.8 Å². The van der Waals surface area contributed by atoms with Crippen LogP contribution in [0.25, 0.3) is 10.9 Å². The Morgan fingerprint density at radius 3 is 2.65 bits per heavy atom. The Bertz CT molecular complexity index is 1350. The van der Waals surface area contributed by atoms with Gasteiger partial charge in [-0.1, -0.05) is 17.7 Å². The zero-order chi connectivity index (χ0) is 26.5. The van der Waals surface area contributed by atoms with Crippen LogP contribution in [0.3, 0.4) is 0 Å². The first kappa shape index (κ1) is 26.3. The molecule has 0 unspecified atom stereocenters. The van der Waals surface area contributed by atoms with Gasteiger partial charge in [0.15, 0.2) is 0 Å². The minimum atomic E-state index is -0.375. The van der Waals surface area contributed by atoms with Crippen LogP contribution >= 0.6 is 0 Å². The number of rotatable bonds is 11. The molecule has 0 aliphatic carbocycles. The number of methoxy groups -OCH3 is 3. The van der Waals surface area contributed by atoms with Crippen LogP contribution in [0.5, 0.6) is 11.5 Å². The van der Waals surface area contributed by atoms with Crippen LogP contribution in [0.2, 0.25) is 0 Å². The summed E-state index contributed by atoms with van der Waals surface area (Å²) in [6, 6.07) is 7.92. The monoisotopic (exact) mass is 506 g/mol. The lowest BCUT2D eigenvalue weighted by Crippen LogP contribution is -2.11. The third kappa shape index (κ3) is 5.34. The molecule has 0 spiro atoms. The number of carbonyl (C=O) groups excluding carboxylic acids is 2. The minimum absolute atomic E-state index is 0.0452. The van der Waals surface area contributed by atoms with Crippen molar-refractivity contribution < 1.29 is 28.5 Å². The third-order valence-electron chi connectivity index (χ3n) is 6.86. The van der Waals surface area contributed by atoms with E-state index < -0.39 is 0 Å². The Kier molecular flexibility index (Phi) is 8.18. The van der Waals surface area contributed by atoms with Gasteiger partial charge in [-0.15, -0.1) is 0 Å². The lowest BCUT2D eigenvalue weighted by atomic mass is 9.94. The maximum Gasteiger partial charge on any atom is 0.342 e. The molecule has 1 aromatic heterocycles. The number of hydrogen-bond acceptors (Lipinski definition) is 6. The zero-order valence-corrected chi connectivity index (χ0v) is 22.1. The molecule has 4 rings (SSSR count). The number of nitrogens with zero attached hydrogens (tertiary/aromatic N) is 1. The molecule has 0 saturated carbocycles. The quantitative estimate of drug-likeness (QED) is 0.284. The summed E-state index contributed by atoms with van der Waals surface area (Å²) in [5.74, 6) is 0.768. The van der Waals surface area contributed by atoms with E-state index in [9.17, 15) is 9.59 Å². The van der Waals surface area contributed by atoms with Crippen LogP contribution in [0.4, 0.5) is 5.69 Å². The van der Waals surface area contributed by atoms with Gasteiger partial charge >= 0.3 is 5.97 Å². The summed E-state index contributed by atoms with van der Waals surface area (Å²) in [5.41, 5.74) is 5.89. The van der Waals surface area contributed by atoms with E-state index in [4.69, 9.17) is 18.9 Å². The Morgan fingerprint density at radius 2 is 1.92 bits per heavy atom. The molecule has 0 bridgehead atoms. The molecule has 37 heavy (non-hydrogen) atoms. The molecular formula is C29H34N2O6. The highest BCUT2D eigenvalue weighted by atomic mass is 16.5. The zero-order valence-electron chi connectivity index (χ0n) is 22.1. The van der Waals surface area contributed by atoms with Crippen molar-refractivity contribution in [3.8, 4) is 11.5 Å². The number of amides is 1. The molecule has 1 N–H and O–H groups in total. The first-order valence-electron chi connectivity index (χ1n) is 12.3. The molecule has 2 aromatic carbocycles. The molecule has 0 radical (unpaired) electrons. The van der Waals surface area contributed by atoms with Crippen molar-refractivity contribution in [3.05, 3.63) is 64.4 Å². The van der Waals surface area contributed by atoms with Crippen molar-refractivity contribution >= 4 is 28.5 Å². The van der Waals surface area contributed by atoms with Crippen molar-refractivity contribution in [1.29, 1.82) is 0 Å². The molecule has 0 saturated heterocycles. The second-order valence-corrected chi connectivity index (χ2v) is 9.14. The van der Waals surface area contributed by atoms with Crippen molar-refractivity contribution in [2.24, 2.45) is 0 Å². The van der Waals surface area contributed by atoms with E-state index in [1.165, 1.54) is 0 Å². The highest BCUT2D eigenvalue weighted by Crippen LogP contribution is 2.42. The molecule has 3 aromatic rings. The summed E-state index contributed by atoms with van der Waals surface area (Å²) in [6.45, 7) is 5.52. The summed E-state index contributed by atoms with van der Waals surface area (Å²) in [5, 5.41) is 4.06. The molecule has 8 nitrogen and oxygen atoms in total. The predicted molar refractivity (Wildman–Crippen MR) is 143 cm³/mol. The molecule has 0 atom stereocenters. The van der Waals surface area contributed by atoms with Crippen LogP contribution in [0.1, 0.15) is 46.8 Å². The number of benzene rings is 2. The van der Waals surface area contributed by atoms with Gasteiger partial charge in [0.2, 0.25) is 5.91 Å². The Balaban J connectivity index is 1.44. The van der Waals surface area contributed by atoms with E-state index in [0.29, 0.717) is 42.9 Å². The number of fused-ring (bicyclic) bond motifs is 2. The summed E-state index contributed by atoms with van der Waals surface area (Å²) in [7, 11) is 4.85. The van der Waals surface area contributed by atoms with Crippen molar-refractivity contribution in [3.63, 3.8) is 0 Å². The smallest absolute Gasteiger partial charge is 0.342 e.